The highest BCUT2D eigenvalue weighted by atomic mass is 32.2. The molecule has 1 aromatic heterocycles. The van der Waals surface area contributed by atoms with Crippen LogP contribution >= 0.6 is 11.8 Å². The molecule has 2 heterocycles. The SMILES string of the molecule is COc1ccccc1-n1c(SC(C)C(=O)NC(=O)NCC(C)C)nnc1N1CCCCC1. The van der Waals surface area contributed by atoms with Crippen LogP contribution < -0.4 is 20.3 Å². The summed E-state index contributed by atoms with van der Waals surface area (Å²) in [6, 6.07) is 7.19. The first kappa shape index (κ1) is 23.9. The molecule has 0 bridgehead atoms. The van der Waals surface area contributed by atoms with Gasteiger partial charge in [0.15, 0.2) is 5.16 Å². The number of carbonyl (C=O) groups excluding carboxylic acids is 2. The maximum absolute atomic E-state index is 12.6. The zero-order valence-electron chi connectivity index (χ0n) is 19.1. The number of para-hydroxylation sites is 2. The van der Waals surface area contributed by atoms with Crippen molar-refractivity contribution in [3.05, 3.63) is 24.3 Å². The number of imide groups is 1. The van der Waals surface area contributed by atoms with E-state index in [9.17, 15) is 9.59 Å². The molecule has 32 heavy (non-hydrogen) atoms. The van der Waals surface area contributed by atoms with E-state index in [0.29, 0.717) is 23.4 Å². The Morgan fingerprint density at radius 2 is 1.84 bits per heavy atom. The number of ether oxygens (including phenoxy) is 1. The van der Waals surface area contributed by atoms with Crippen LogP contribution in [0.4, 0.5) is 10.7 Å². The highest BCUT2D eigenvalue weighted by Gasteiger charge is 2.26. The Morgan fingerprint density at radius 3 is 2.53 bits per heavy atom. The summed E-state index contributed by atoms with van der Waals surface area (Å²) in [5, 5.41) is 14.0. The third-order valence-corrected chi connectivity index (χ3v) is 6.18. The molecule has 1 aliphatic rings. The summed E-state index contributed by atoms with van der Waals surface area (Å²) in [4.78, 5) is 26.8. The fourth-order valence-electron chi connectivity index (χ4n) is 3.43. The maximum Gasteiger partial charge on any atom is 0.321 e. The molecule has 1 fully saturated rings. The second kappa shape index (κ2) is 11.2. The van der Waals surface area contributed by atoms with Gasteiger partial charge in [-0.3, -0.25) is 14.7 Å². The average Bonchev–Trinajstić information content (AvgIpc) is 3.21. The van der Waals surface area contributed by atoms with Crippen molar-refractivity contribution in [3.8, 4) is 11.4 Å². The van der Waals surface area contributed by atoms with Crippen LogP contribution in [0, 0.1) is 5.92 Å². The van der Waals surface area contributed by atoms with Gasteiger partial charge in [0.05, 0.1) is 18.0 Å². The van der Waals surface area contributed by atoms with Gasteiger partial charge in [-0.2, -0.15) is 0 Å². The van der Waals surface area contributed by atoms with Crippen LogP contribution in [0.5, 0.6) is 5.75 Å². The lowest BCUT2D eigenvalue weighted by molar-refractivity contribution is -0.119. The highest BCUT2D eigenvalue weighted by Crippen LogP contribution is 2.34. The predicted octanol–water partition coefficient (Wildman–Crippen LogP) is 3.23. The summed E-state index contributed by atoms with van der Waals surface area (Å²) in [5.41, 5.74) is 0.811. The number of methoxy groups -OCH3 is 1. The van der Waals surface area contributed by atoms with E-state index in [-0.39, 0.29) is 5.91 Å². The van der Waals surface area contributed by atoms with Crippen LogP contribution in [-0.4, -0.2) is 58.7 Å². The number of piperidine rings is 1. The van der Waals surface area contributed by atoms with Crippen molar-refractivity contribution in [2.45, 2.75) is 50.4 Å². The maximum atomic E-state index is 12.6. The summed E-state index contributed by atoms with van der Waals surface area (Å²) >= 11 is 1.26. The zero-order chi connectivity index (χ0) is 23.1. The Bertz CT molecular complexity index is 926. The molecule has 1 unspecified atom stereocenters. The molecule has 2 aromatic rings. The first-order chi connectivity index (χ1) is 15.4. The molecule has 0 saturated carbocycles. The molecule has 0 aliphatic carbocycles. The van der Waals surface area contributed by atoms with Crippen LogP contribution in [0.2, 0.25) is 0 Å². The molecule has 0 spiro atoms. The smallest absolute Gasteiger partial charge is 0.321 e. The number of rotatable bonds is 8. The quantitative estimate of drug-likeness (QED) is 0.583. The number of aromatic nitrogens is 3. The molecule has 1 aromatic carbocycles. The molecule has 1 atom stereocenters. The second-order valence-electron chi connectivity index (χ2n) is 8.19. The van der Waals surface area contributed by atoms with E-state index in [1.807, 2.05) is 42.7 Å². The molecule has 1 saturated heterocycles. The topological polar surface area (TPSA) is 101 Å². The van der Waals surface area contributed by atoms with E-state index in [0.717, 1.165) is 37.6 Å². The summed E-state index contributed by atoms with van der Waals surface area (Å²) < 4.78 is 7.52. The number of hydrogen-bond acceptors (Lipinski definition) is 7. The Morgan fingerprint density at radius 1 is 1.12 bits per heavy atom. The second-order valence-corrected chi connectivity index (χ2v) is 9.50. The Hall–Kier alpha value is -2.75. The molecule has 1 aliphatic heterocycles. The Balaban J connectivity index is 1.84. The number of anilines is 1. The van der Waals surface area contributed by atoms with Gasteiger partial charge in [-0.1, -0.05) is 37.7 Å². The van der Waals surface area contributed by atoms with Gasteiger partial charge >= 0.3 is 6.03 Å². The van der Waals surface area contributed by atoms with Gasteiger partial charge in [0.2, 0.25) is 11.9 Å². The van der Waals surface area contributed by atoms with Crippen LogP contribution in [0.3, 0.4) is 0 Å². The van der Waals surface area contributed by atoms with Crippen LogP contribution in [-0.2, 0) is 4.79 Å². The highest BCUT2D eigenvalue weighted by molar-refractivity contribution is 8.00. The lowest BCUT2D eigenvalue weighted by Gasteiger charge is -2.28. The normalized spacial score (nSPS) is 14.8. The predicted molar refractivity (Wildman–Crippen MR) is 126 cm³/mol. The summed E-state index contributed by atoms with van der Waals surface area (Å²) in [6.07, 6.45) is 3.41. The number of benzene rings is 1. The largest absolute Gasteiger partial charge is 0.495 e. The zero-order valence-corrected chi connectivity index (χ0v) is 19.9. The summed E-state index contributed by atoms with van der Waals surface area (Å²) in [6.45, 7) is 8.05. The van der Waals surface area contributed by atoms with E-state index < -0.39 is 11.3 Å². The third-order valence-electron chi connectivity index (χ3n) is 5.14. The van der Waals surface area contributed by atoms with Crippen molar-refractivity contribution in [1.29, 1.82) is 0 Å². The van der Waals surface area contributed by atoms with E-state index in [4.69, 9.17) is 4.74 Å². The molecule has 174 valence electrons. The standard InChI is InChI=1S/C22H32N6O3S/c1-15(2)14-23-20(30)24-19(29)16(3)32-22-26-25-21(27-12-8-5-9-13-27)28(22)17-10-6-7-11-18(17)31-4/h6-7,10-11,15-16H,5,8-9,12-14H2,1-4H3,(H2,23,24,29,30). The number of urea groups is 1. The summed E-state index contributed by atoms with van der Waals surface area (Å²) in [7, 11) is 1.63. The molecule has 0 radical (unpaired) electrons. The van der Waals surface area contributed by atoms with Gasteiger partial charge in [0, 0.05) is 19.6 Å². The van der Waals surface area contributed by atoms with Crippen LogP contribution in [0.25, 0.3) is 5.69 Å². The van der Waals surface area contributed by atoms with Crippen molar-refractivity contribution >= 4 is 29.6 Å². The minimum atomic E-state index is -0.549. The van der Waals surface area contributed by atoms with E-state index >= 15 is 0 Å². The molecule has 10 heteroatoms. The lowest BCUT2D eigenvalue weighted by atomic mass is 10.1. The number of amides is 3. The first-order valence-electron chi connectivity index (χ1n) is 11.0. The van der Waals surface area contributed by atoms with Gasteiger partial charge in [-0.25, -0.2) is 4.79 Å². The molecule has 3 amide bonds. The molecule has 3 rings (SSSR count). The van der Waals surface area contributed by atoms with Gasteiger partial charge in [-0.15, -0.1) is 10.2 Å². The van der Waals surface area contributed by atoms with Gasteiger partial charge in [-0.05, 0) is 44.2 Å². The fourth-order valence-corrected chi connectivity index (χ4v) is 4.28. The van der Waals surface area contributed by atoms with E-state index in [2.05, 4.69) is 25.7 Å². The fraction of sp³-hybridized carbons (Fsp3) is 0.545. The van der Waals surface area contributed by atoms with Gasteiger partial charge in [0.1, 0.15) is 5.75 Å². The molecular weight excluding hydrogens is 428 g/mol. The van der Waals surface area contributed by atoms with E-state index in [1.54, 1.807) is 14.0 Å². The number of thioether (sulfide) groups is 1. The van der Waals surface area contributed by atoms with Crippen molar-refractivity contribution < 1.29 is 14.3 Å². The van der Waals surface area contributed by atoms with Crippen molar-refractivity contribution in [3.63, 3.8) is 0 Å². The molecule has 2 N–H and O–H groups in total. The van der Waals surface area contributed by atoms with Crippen molar-refractivity contribution in [2.75, 3.05) is 31.6 Å². The number of nitrogens with one attached hydrogen (secondary N) is 2. The Labute approximate surface area is 193 Å². The lowest BCUT2D eigenvalue weighted by Crippen LogP contribution is -2.43. The Kier molecular flexibility index (Phi) is 8.38. The minimum Gasteiger partial charge on any atom is -0.495 e. The van der Waals surface area contributed by atoms with E-state index in [1.165, 1.54) is 18.2 Å². The van der Waals surface area contributed by atoms with Gasteiger partial charge < -0.3 is 15.0 Å². The number of nitrogens with zero attached hydrogens (tertiary/aromatic N) is 4. The summed E-state index contributed by atoms with van der Waals surface area (Å²) in [5.74, 6) is 1.34. The van der Waals surface area contributed by atoms with Crippen LogP contribution in [0.1, 0.15) is 40.0 Å². The minimum absolute atomic E-state index is 0.301. The number of carbonyl (C=O) groups is 2. The van der Waals surface area contributed by atoms with Gasteiger partial charge in [0.25, 0.3) is 0 Å². The monoisotopic (exact) mass is 460 g/mol. The average molecular weight is 461 g/mol. The molecular formula is C22H32N6O3S. The van der Waals surface area contributed by atoms with Crippen molar-refractivity contribution in [2.24, 2.45) is 5.92 Å². The van der Waals surface area contributed by atoms with Crippen molar-refractivity contribution in [1.82, 2.24) is 25.4 Å². The third kappa shape index (κ3) is 5.93. The first-order valence-corrected chi connectivity index (χ1v) is 11.9. The number of hydrogen-bond donors (Lipinski definition) is 2. The van der Waals surface area contributed by atoms with Crippen LogP contribution in [0.15, 0.2) is 29.4 Å². The molecule has 9 nitrogen and oxygen atoms in total.